The van der Waals surface area contributed by atoms with Crippen molar-refractivity contribution in [2.75, 3.05) is 4.90 Å². The first kappa shape index (κ1) is 35.9. The Hall–Kier alpha value is -8.00. The van der Waals surface area contributed by atoms with E-state index in [9.17, 15) is 0 Å². The summed E-state index contributed by atoms with van der Waals surface area (Å²) in [7, 11) is 0. The van der Waals surface area contributed by atoms with Gasteiger partial charge in [-0.2, -0.15) is 0 Å². The standard InChI is InChI=1S/C61H41N/c1-3-16-42(17-4-1)46-20-13-22-48(40-46)44-32-36-50(37-33-44)62(51-38-34-45(35-39-51)49-23-14-21-47(41-49)43-18-5-2-6-19-43)59-31-15-27-55-54-26-9-12-30-58(54)61(60(55)59)56-28-10-7-24-52(56)53-25-8-11-29-57(53)61/h1-41H. The van der Waals surface area contributed by atoms with Gasteiger partial charge in [-0.3, -0.25) is 0 Å². The monoisotopic (exact) mass is 787 g/mol. The Labute approximate surface area is 363 Å². The summed E-state index contributed by atoms with van der Waals surface area (Å²) in [4.78, 5) is 2.49. The van der Waals surface area contributed by atoms with Crippen molar-refractivity contribution in [1.82, 2.24) is 0 Å². The lowest BCUT2D eigenvalue weighted by Crippen LogP contribution is -2.28. The van der Waals surface area contributed by atoms with E-state index in [2.05, 4.69) is 254 Å². The van der Waals surface area contributed by atoms with Gasteiger partial charge >= 0.3 is 0 Å². The number of rotatable bonds is 7. The predicted octanol–water partition coefficient (Wildman–Crippen LogP) is 16.2. The van der Waals surface area contributed by atoms with Crippen LogP contribution in [0.3, 0.4) is 0 Å². The van der Waals surface area contributed by atoms with E-state index in [1.165, 1.54) is 94.7 Å². The predicted molar refractivity (Wildman–Crippen MR) is 259 cm³/mol. The van der Waals surface area contributed by atoms with Crippen LogP contribution in [-0.4, -0.2) is 0 Å². The van der Waals surface area contributed by atoms with Crippen molar-refractivity contribution in [3.05, 3.63) is 271 Å². The maximum atomic E-state index is 2.49. The lowest BCUT2D eigenvalue weighted by Gasteiger charge is -2.36. The Morgan fingerprint density at radius 1 is 0.242 bits per heavy atom. The highest BCUT2D eigenvalue weighted by Crippen LogP contribution is 2.65. The largest absolute Gasteiger partial charge is 0.310 e. The van der Waals surface area contributed by atoms with E-state index in [1.54, 1.807) is 0 Å². The van der Waals surface area contributed by atoms with Crippen molar-refractivity contribution in [3.8, 4) is 66.8 Å². The topological polar surface area (TPSA) is 3.24 Å². The van der Waals surface area contributed by atoms with Gasteiger partial charge in [-0.25, -0.2) is 0 Å². The van der Waals surface area contributed by atoms with Crippen molar-refractivity contribution in [3.63, 3.8) is 0 Å². The van der Waals surface area contributed by atoms with E-state index in [4.69, 9.17) is 0 Å². The first-order valence-electron chi connectivity index (χ1n) is 21.5. The molecule has 2 aliphatic carbocycles. The molecule has 0 aromatic heterocycles. The molecule has 0 fully saturated rings. The van der Waals surface area contributed by atoms with Crippen LogP contribution in [0.1, 0.15) is 22.3 Å². The van der Waals surface area contributed by atoms with Crippen molar-refractivity contribution in [2.45, 2.75) is 5.41 Å². The lowest BCUT2D eigenvalue weighted by atomic mass is 9.70. The van der Waals surface area contributed by atoms with Crippen molar-refractivity contribution < 1.29 is 0 Å². The van der Waals surface area contributed by atoms with E-state index in [-0.39, 0.29) is 0 Å². The van der Waals surface area contributed by atoms with Crippen LogP contribution < -0.4 is 4.90 Å². The number of fused-ring (bicyclic) bond motifs is 10. The van der Waals surface area contributed by atoms with Gasteiger partial charge < -0.3 is 4.90 Å². The van der Waals surface area contributed by atoms with E-state index >= 15 is 0 Å². The molecule has 0 atom stereocenters. The quantitative estimate of drug-likeness (QED) is 0.155. The van der Waals surface area contributed by atoms with E-state index in [0.717, 1.165) is 11.4 Å². The molecule has 0 heterocycles. The fraction of sp³-hybridized carbons (Fsp3) is 0.0164. The van der Waals surface area contributed by atoms with E-state index < -0.39 is 5.41 Å². The Bertz CT molecular complexity index is 3080. The van der Waals surface area contributed by atoms with Gasteiger partial charge in [0, 0.05) is 16.9 Å². The Kier molecular flexibility index (Phi) is 8.47. The van der Waals surface area contributed by atoms with Crippen LogP contribution >= 0.6 is 0 Å². The minimum Gasteiger partial charge on any atom is -0.310 e. The molecule has 12 rings (SSSR count). The molecule has 10 aromatic carbocycles. The maximum Gasteiger partial charge on any atom is 0.0746 e. The van der Waals surface area contributed by atoms with E-state index in [1.807, 2.05) is 0 Å². The fourth-order valence-electron chi connectivity index (χ4n) is 10.4. The second-order valence-electron chi connectivity index (χ2n) is 16.4. The van der Waals surface area contributed by atoms with Crippen LogP contribution in [0.4, 0.5) is 17.1 Å². The lowest BCUT2D eigenvalue weighted by molar-refractivity contribution is 0.793. The summed E-state index contributed by atoms with van der Waals surface area (Å²) >= 11 is 0. The molecule has 0 N–H and O–H groups in total. The summed E-state index contributed by atoms with van der Waals surface area (Å²) in [5.74, 6) is 0. The Morgan fingerprint density at radius 3 is 1.00 bits per heavy atom. The van der Waals surface area contributed by atoms with Crippen LogP contribution in [0.5, 0.6) is 0 Å². The fourth-order valence-corrected chi connectivity index (χ4v) is 10.4. The first-order chi connectivity index (χ1) is 30.8. The molecule has 1 spiro atoms. The first-order valence-corrected chi connectivity index (χ1v) is 21.5. The molecule has 10 aromatic rings. The summed E-state index contributed by atoms with van der Waals surface area (Å²) in [5, 5.41) is 0. The second-order valence-corrected chi connectivity index (χ2v) is 16.4. The number of anilines is 3. The van der Waals surface area contributed by atoms with Gasteiger partial charge in [0.15, 0.2) is 0 Å². The second kappa shape index (κ2) is 14.6. The Morgan fingerprint density at radius 2 is 0.565 bits per heavy atom. The minimum atomic E-state index is -0.496. The summed E-state index contributed by atoms with van der Waals surface area (Å²) in [6, 6.07) is 91.4. The van der Waals surface area contributed by atoms with Crippen LogP contribution in [0.15, 0.2) is 249 Å². The van der Waals surface area contributed by atoms with Crippen LogP contribution in [0.25, 0.3) is 66.8 Å². The average Bonchev–Trinajstić information content (AvgIpc) is 3.83. The van der Waals surface area contributed by atoms with Crippen LogP contribution in [-0.2, 0) is 5.41 Å². The molecule has 2 aliphatic rings. The van der Waals surface area contributed by atoms with Crippen molar-refractivity contribution in [1.29, 1.82) is 0 Å². The molecule has 0 unspecified atom stereocenters. The zero-order chi connectivity index (χ0) is 41.0. The zero-order valence-corrected chi connectivity index (χ0v) is 34.1. The van der Waals surface area contributed by atoms with Gasteiger partial charge in [-0.15, -0.1) is 0 Å². The van der Waals surface area contributed by atoms with Gasteiger partial charge in [-0.05, 0) is 126 Å². The SMILES string of the molecule is c1ccc(-c2cccc(-c3ccc(N(c4ccc(-c5cccc(-c6ccccc6)c5)cc4)c4cccc5c4C4(c6ccccc6-c6ccccc64)c4ccccc4-5)cc3)c2)cc1. The molecular weight excluding hydrogens is 747 g/mol. The van der Waals surface area contributed by atoms with Gasteiger partial charge in [0.05, 0.1) is 11.1 Å². The molecule has 0 saturated heterocycles. The average molecular weight is 788 g/mol. The third-order valence-corrected chi connectivity index (χ3v) is 13.1. The summed E-state index contributed by atoms with van der Waals surface area (Å²) < 4.78 is 0. The Balaban J connectivity index is 1.05. The number of nitrogens with zero attached hydrogens (tertiary/aromatic N) is 1. The van der Waals surface area contributed by atoms with E-state index in [0.29, 0.717) is 0 Å². The van der Waals surface area contributed by atoms with Crippen molar-refractivity contribution in [2.24, 2.45) is 0 Å². The molecule has 1 nitrogen and oxygen atoms in total. The highest BCUT2D eigenvalue weighted by molar-refractivity contribution is 5.99. The number of hydrogen-bond acceptors (Lipinski definition) is 1. The minimum absolute atomic E-state index is 0.496. The summed E-state index contributed by atoms with van der Waals surface area (Å²) in [5.41, 5.74) is 23.0. The highest BCUT2D eigenvalue weighted by atomic mass is 15.1. The third kappa shape index (κ3) is 5.63. The summed E-state index contributed by atoms with van der Waals surface area (Å²) in [6.07, 6.45) is 0. The zero-order valence-electron chi connectivity index (χ0n) is 34.1. The molecule has 0 aliphatic heterocycles. The number of hydrogen-bond donors (Lipinski definition) is 0. The summed E-state index contributed by atoms with van der Waals surface area (Å²) in [6.45, 7) is 0. The molecule has 62 heavy (non-hydrogen) atoms. The molecule has 0 radical (unpaired) electrons. The maximum absolute atomic E-state index is 2.49. The smallest absolute Gasteiger partial charge is 0.0746 e. The molecule has 0 bridgehead atoms. The highest BCUT2D eigenvalue weighted by Gasteiger charge is 2.53. The van der Waals surface area contributed by atoms with Gasteiger partial charge in [0.1, 0.15) is 0 Å². The van der Waals surface area contributed by atoms with Gasteiger partial charge in [-0.1, -0.05) is 206 Å². The molecular formula is C61H41N. The molecule has 1 heteroatoms. The van der Waals surface area contributed by atoms with Crippen molar-refractivity contribution >= 4 is 17.1 Å². The molecule has 0 amide bonds. The van der Waals surface area contributed by atoms with Gasteiger partial charge in [0.25, 0.3) is 0 Å². The molecule has 0 saturated carbocycles. The normalized spacial score (nSPS) is 12.6. The third-order valence-electron chi connectivity index (χ3n) is 13.1. The van der Waals surface area contributed by atoms with Gasteiger partial charge in [0.2, 0.25) is 0 Å². The van der Waals surface area contributed by atoms with Crippen LogP contribution in [0, 0.1) is 0 Å². The van der Waals surface area contributed by atoms with Crippen LogP contribution in [0.2, 0.25) is 0 Å². The molecule has 290 valence electrons. The number of benzene rings is 10.